The summed E-state index contributed by atoms with van der Waals surface area (Å²) in [5, 5.41) is 10.3. The Morgan fingerprint density at radius 2 is 2.08 bits per heavy atom. The fourth-order valence-corrected chi connectivity index (χ4v) is 3.53. The van der Waals surface area contributed by atoms with Gasteiger partial charge >= 0.3 is 0 Å². The highest BCUT2D eigenvalue weighted by atomic mass is 32.1. The van der Waals surface area contributed by atoms with Crippen molar-refractivity contribution in [3.63, 3.8) is 0 Å². The van der Waals surface area contributed by atoms with Gasteiger partial charge in [-0.2, -0.15) is 5.10 Å². The lowest BCUT2D eigenvalue weighted by Crippen LogP contribution is -2.26. The second-order valence-electron chi connectivity index (χ2n) is 6.41. The summed E-state index contributed by atoms with van der Waals surface area (Å²) in [5.41, 5.74) is 4.67. The molecule has 7 heteroatoms. The molecular formula is C19H23N5OS. The van der Waals surface area contributed by atoms with Gasteiger partial charge in [0.15, 0.2) is 0 Å². The second kappa shape index (κ2) is 7.70. The van der Waals surface area contributed by atoms with Crippen molar-refractivity contribution in [3.05, 3.63) is 58.4 Å². The van der Waals surface area contributed by atoms with E-state index in [1.807, 2.05) is 73.2 Å². The average Bonchev–Trinajstić information content (AvgIpc) is 3.20. The van der Waals surface area contributed by atoms with Gasteiger partial charge < -0.3 is 10.2 Å². The monoisotopic (exact) mass is 369 g/mol. The van der Waals surface area contributed by atoms with Crippen molar-refractivity contribution >= 4 is 22.9 Å². The standard InChI is InChI=1S/C19H23N5OS/c1-13-10-14(2)24(22-13)19-21-16(12-26-19)8-9-20-18(25)15-6-5-7-17(11-15)23(3)4/h5-7,10-12H,8-9H2,1-4H3,(H,20,25). The third-order valence-electron chi connectivity index (χ3n) is 4.02. The van der Waals surface area contributed by atoms with Crippen molar-refractivity contribution in [1.82, 2.24) is 20.1 Å². The van der Waals surface area contributed by atoms with Gasteiger partial charge in [0, 0.05) is 49.4 Å². The lowest BCUT2D eigenvalue weighted by Gasteiger charge is -2.13. The van der Waals surface area contributed by atoms with Crippen LogP contribution >= 0.6 is 11.3 Å². The van der Waals surface area contributed by atoms with E-state index in [0.717, 1.165) is 27.9 Å². The molecule has 1 amide bonds. The third-order valence-corrected chi connectivity index (χ3v) is 4.89. The number of carbonyl (C=O) groups is 1. The quantitative estimate of drug-likeness (QED) is 0.726. The number of aromatic nitrogens is 3. The van der Waals surface area contributed by atoms with Crippen molar-refractivity contribution in [2.45, 2.75) is 20.3 Å². The van der Waals surface area contributed by atoms with Crippen LogP contribution in [0.3, 0.4) is 0 Å². The number of hydrogen-bond donors (Lipinski definition) is 1. The Hall–Kier alpha value is -2.67. The number of anilines is 1. The van der Waals surface area contributed by atoms with Crippen molar-refractivity contribution in [2.75, 3.05) is 25.5 Å². The number of nitrogens with zero attached hydrogens (tertiary/aromatic N) is 4. The first-order valence-corrected chi connectivity index (χ1v) is 9.35. The molecule has 3 aromatic rings. The van der Waals surface area contributed by atoms with Crippen LogP contribution in [-0.2, 0) is 6.42 Å². The van der Waals surface area contributed by atoms with Crippen LogP contribution in [0.5, 0.6) is 0 Å². The molecule has 0 bridgehead atoms. The predicted molar refractivity (Wildman–Crippen MR) is 106 cm³/mol. The Labute approximate surface area is 157 Å². The number of thiazole rings is 1. The number of rotatable bonds is 6. The van der Waals surface area contributed by atoms with Crippen molar-refractivity contribution in [1.29, 1.82) is 0 Å². The summed E-state index contributed by atoms with van der Waals surface area (Å²) in [6.45, 7) is 4.54. The molecule has 0 unspecified atom stereocenters. The Bertz CT molecular complexity index is 912. The number of benzene rings is 1. The van der Waals surface area contributed by atoms with Gasteiger partial charge in [-0.05, 0) is 38.1 Å². The molecule has 1 aromatic carbocycles. The molecule has 0 radical (unpaired) electrons. The lowest BCUT2D eigenvalue weighted by atomic mass is 10.2. The molecule has 2 heterocycles. The molecular weight excluding hydrogens is 346 g/mol. The number of hydrogen-bond acceptors (Lipinski definition) is 5. The minimum Gasteiger partial charge on any atom is -0.378 e. The number of amides is 1. The van der Waals surface area contributed by atoms with Gasteiger partial charge in [0.1, 0.15) is 0 Å². The molecule has 0 spiro atoms. The van der Waals surface area contributed by atoms with Crippen LogP contribution in [0.25, 0.3) is 5.13 Å². The SMILES string of the molecule is Cc1cc(C)n(-c2nc(CCNC(=O)c3cccc(N(C)C)c3)cs2)n1. The van der Waals surface area contributed by atoms with Crippen LogP contribution in [-0.4, -0.2) is 41.3 Å². The molecule has 0 saturated carbocycles. The summed E-state index contributed by atoms with van der Waals surface area (Å²) in [4.78, 5) is 18.9. The van der Waals surface area contributed by atoms with Crippen molar-refractivity contribution in [3.8, 4) is 5.13 Å². The zero-order valence-electron chi connectivity index (χ0n) is 15.5. The first-order valence-electron chi connectivity index (χ1n) is 8.47. The van der Waals surface area contributed by atoms with Crippen LogP contribution < -0.4 is 10.2 Å². The van der Waals surface area contributed by atoms with E-state index >= 15 is 0 Å². The fraction of sp³-hybridized carbons (Fsp3) is 0.316. The van der Waals surface area contributed by atoms with E-state index in [2.05, 4.69) is 15.4 Å². The van der Waals surface area contributed by atoms with Gasteiger partial charge in [0.05, 0.1) is 11.4 Å². The first-order chi connectivity index (χ1) is 12.4. The molecule has 0 aliphatic rings. The van der Waals surface area contributed by atoms with Gasteiger partial charge in [-0.1, -0.05) is 6.07 Å². The van der Waals surface area contributed by atoms with Gasteiger partial charge in [-0.25, -0.2) is 9.67 Å². The predicted octanol–water partition coefficient (Wildman–Crippen LogP) is 2.98. The molecule has 136 valence electrons. The van der Waals surface area contributed by atoms with E-state index in [1.165, 1.54) is 0 Å². The van der Waals surface area contributed by atoms with Crippen molar-refractivity contribution in [2.24, 2.45) is 0 Å². The first kappa shape index (κ1) is 18.1. The minimum atomic E-state index is -0.0669. The number of nitrogens with one attached hydrogen (secondary N) is 1. The zero-order valence-corrected chi connectivity index (χ0v) is 16.3. The maximum Gasteiger partial charge on any atom is 0.251 e. The fourth-order valence-electron chi connectivity index (χ4n) is 2.66. The highest BCUT2D eigenvalue weighted by Crippen LogP contribution is 2.17. The smallest absolute Gasteiger partial charge is 0.251 e. The minimum absolute atomic E-state index is 0.0669. The van der Waals surface area contributed by atoms with Crippen LogP contribution in [0.4, 0.5) is 5.69 Å². The maximum absolute atomic E-state index is 12.3. The van der Waals surface area contributed by atoms with Crippen LogP contribution in [0, 0.1) is 13.8 Å². The average molecular weight is 369 g/mol. The van der Waals surface area contributed by atoms with E-state index < -0.39 is 0 Å². The second-order valence-corrected chi connectivity index (χ2v) is 7.25. The molecule has 0 aliphatic carbocycles. The Kier molecular flexibility index (Phi) is 5.37. The summed E-state index contributed by atoms with van der Waals surface area (Å²) in [7, 11) is 3.92. The zero-order chi connectivity index (χ0) is 18.7. The van der Waals surface area contributed by atoms with Crippen LogP contribution in [0.15, 0.2) is 35.7 Å². The highest BCUT2D eigenvalue weighted by Gasteiger charge is 2.10. The molecule has 3 rings (SSSR count). The van der Waals surface area contributed by atoms with E-state index in [1.54, 1.807) is 11.3 Å². The van der Waals surface area contributed by atoms with Crippen molar-refractivity contribution < 1.29 is 4.79 Å². The van der Waals surface area contributed by atoms with Gasteiger partial charge in [0.2, 0.25) is 5.13 Å². The van der Waals surface area contributed by atoms with Gasteiger partial charge in [-0.3, -0.25) is 4.79 Å². The molecule has 0 fully saturated rings. The topological polar surface area (TPSA) is 63.1 Å². The Morgan fingerprint density at radius 3 is 2.77 bits per heavy atom. The summed E-state index contributed by atoms with van der Waals surface area (Å²) in [5.74, 6) is -0.0669. The normalized spacial score (nSPS) is 10.8. The maximum atomic E-state index is 12.3. The summed E-state index contributed by atoms with van der Waals surface area (Å²) >= 11 is 1.56. The molecule has 1 N–H and O–H groups in total. The number of carbonyl (C=O) groups excluding carboxylic acids is 1. The van der Waals surface area contributed by atoms with Gasteiger partial charge in [-0.15, -0.1) is 11.3 Å². The summed E-state index contributed by atoms with van der Waals surface area (Å²) < 4.78 is 1.86. The van der Waals surface area contributed by atoms with Gasteiger partial charge in [0.25, 0.3) is 5.91 Å². The lowest BCUT2D eigenvalue weighted by molar-refractivity contribution is 0.0954. The molecule has 6 nitrogen and oxygen atoms in total. The molecule has 0 atom stereocenters. The molecule has 2 aromatic heterocycles. The summed E-state index contributed by atoms with van der Waals surface area (Å²) in [6, 6.07) is 9.62. The van der Waals surface area contributed by atoms with E-state index in [9.17, 15) is 4.79 Å². The third kappa shape index (κ3) is 4.11. The molecule has 0 saturated heterocycles. The van der Waals surface area contributed by atoms with E-state index in [-0.39, 0.29) is 5.91 Å². The highest BCUT2D eigenvalue weighted by molar-refractivity contribution is 7.12. The largest absolute Gasteiger partial charge is 0.378 e. The van der Waals surface area contributed by atoms with Crippen LogP contribution in [0.2, 0.25) is 0 Å². The van der Waals surface area contributed by atoms with E-state index in [0.29, 0.717) is 18.5 Å². The molecule has 0 aliphatic heterocycles. The Balaban J connectivity index is 1.58. The Morgan fingerprint density at radius 1 is 1.27 bits per heavy atom. The summed E-state index contributed by atoms with van der Waals surface area (Å²) in [6.07, 6.45) is 0.689. The number of aryl methyl sites for hydroxylation is 2. The van der Waals surface area contributed by atoms with E-state index in [4.69, 9.17) is 0 Å². The molecule has 26 heavy (non-hydrogen) atoms. The van der Waals surface area contributed by atoms with Crippen LogP contribution in [0.1, 0.15) is 27.4 Å².